The van der Waals surface area contributed by atoms with Gasteiger partial charge in [0.25, 0.3) is 11.6 Å². The van der Waals surface area contributed by atoms with Gasteiger partial charge in [-0.2, -0.15) is 13.2 Å². The number of methoxy groups -OCH3 is 1. The highest BCUT2D eigenvalue weighted by atomic mass is 19.4. The number of aryl methyl sites for hydroxylation is 1. The van der Waals surface area contributed by atoms with Gasteiger partial charge >= 0.3 is 12.1 Å². The number of nitro benzene ring substituents is 1. The standard InChI is InChI=1S/C18H15F3N2O6/c1-10-3-4-11(7-15(10)28-2)17(25)29-9-16(24)22-13-6-5-12(18(19,20)21)8-14(13)23(26)27/h3-8H,9H2,1-2H3,(H,22,24). The molecule has 2 aromatic rings. The second-order valence-electron chi connectivity index (χ2n) is 5.80. The number of benzene rings is 2. The Balaban J connectivity index is 2.07. The van der Waals surface area contributed by atoms with Crippen molar-refractivity contribution in [3.05, 3.63) is 63.2 Å². The van der Waals surface area contributed by atoms with Crippen LogP contribution in [-0.4, -0.2) is 30.5 Å². The van der Waals surface area contributed by atoms with Crippen molar-refractivity contribution in [2.45, 2.75) is 13.1 Å². The van der Waals surface area contributed by atoms with Crippen LogP contribution in [0.15, 0.2) is 36.4 Å². The summed E-state index contributed by atoms with van der Waals surface area (Å²) >= 11 is 0. The Morgan fingerprint density at radius 3 is 2.45 bits per heavy atom. The molecule has 1 amide bonds. The zero-order valence-corrected chi connectivity index (χ0v) is 15.2. The first kappa shape index (κ1) is 21.7. The number of carbonyl (C=O) groups excluding carboxylic acids is 2. The van der Waals surface area contributed by atoms with Crippen molar-refractivity contribution < 1.29 is 37.2 Å². The van der Waals surface area contributed by atoms with Crippen LogP contribution in [0.4, 0.5) is 24.5 Å². The summed E-state index contributed by atoms with van der Waals surface area (Å²) in [7, 11) is 1.42. The summed E-state index contributed by atoms with van der Waals surface area (Å²) in [4.78, 5) is 33.9. The lowest BCUT2D eigenvalue weighted by molar-refractivity contribution is -0.384. The van der Waals surface area contributed by atoms with Crippen LogP contribution in [0.1, 0.15) is 21.5 Å². The zero-order valence-electron chi connectivity index (χ0n) is 15.2. The van der Waals surface area contributed by atoms with Crippen molar-refractivity contribution in [1.82, 2.24) is 0 Å². The number of carbonyl (C=O) groups is 2. The van der Waals surface area contributed by atoms with Crippen molar-refractivity contribution in [3.8, 4) is 5.75 Å². The van der Waals surface area contributed by atoms with E-state index in [0.717, 1.165) is 11.6 Å². The predicted molar refractivity (Wildman–Crippen MR) is 94.7 cm³/mol. The monoisotopic (exact) mass is 412 g/mol. The molecular weight excluding hydrogens is 397 g/mol. The molecule has 1 N–H and O–H groups in total. The molecule has 0 saturated heterocycles. The zero-order chi connectivity index (χ0) is 21.8. The molecule has 0 aliphatic rings. The summed E-state index contributed by atoms with van der Waals surface area (Å²) in [6.45, 7) is 0.964. The number of hydrogen-bond acceptors (Lipinski definition) is 6. The fraction of sp³-hybridized carbons (Fsp3) is 0.222. The van der Waals surface area contributed by atoms with Crippen molar-refractivity contribution in [3.63, 3.8) is 0 Å². The molecule has 0 radical (unpaired) electrons. The lowest BCUT2D eigenvalue weighted by Gasteiger charge is -2.10. The summed E-state index contributed by atoms with van der Waals surface area (Å²) in [6, 6.07) is 6.13. The molecule has 0 aromatic heterocycles. The highest BCUT2D eigenvalue weighted by molar-refractivity contribution is 5.97. The van der Waals surface area contributed by atoms with Gasteiger partial charge in [-0.15, -0.1) is 0 Å². The fourth-order valence-corrected chi connectivity index (χ4v) is 2.31. The maximum atomic E-state index is 12.7. The largest absolute Gasteiger partial charge is 0.496 e. The third-order valence-corrected chi connectivity index (χ3v) is 3.77. The summed E-state index contributed by atoms with van der Waals surface area (Å²) < 4.78 is 48.0. The topological polar surface area (TPSA) is 108 Å². The van der Waals surface area contributed by atoms with Crippen molar-refractivity contribution in [2.75, 3.05) is 19.0 Å². The number of halogens is 3. The van der Waals surface area contributed by atoms with E-state index in [1.165, 1.54) is 19.2 Å². The molecule has 0 aliphatic carbocycles. The Kier molecular flexibility index (Phi) is 6.42. The van der Waals surface area contributed by atoms with E-state index >= 15 is 0 Å². The molecule has 0 unspecified atom stereocenters. The lowest BCUT2D eigenvalue weighted by Crippen LogP contribution is -2.21. The molecule has 0 saturated carbocycles. The van der Waals surface area contributed by atoms with Crippen LogP contribution >= 0.6 is 0 Å². The van der Waals surface area contributed by atoms with Crippen LogP contribution in [0, 0.1) is 17.0 Å². The average Bonchev–Trinajstić information content (AvgIpc) is 2.65. The van der Waals surface area contributed by atoms with E-state index < -0.39 is 46.5 Å². The van der Waals surface area contributed by atoms with Gasteiger partial charge in [0.1, 0.15) is 11.4 Å². The van der Waals surface area contributed by atoms with E-state index in [-0.39, 0.29) is 5.56 Å². The second kappa shape index (κ2) is 8.59. The van der Waals surface area contributed by atoms with Crippen LogP contribution in [-0.2, 0) is 15.7 Å². The number of ether oxygens (including phenoxy) is 2. The van der Waals surface area contributed by atoms with Gasteiger partial charge in [0.15, 0.2) is 6.61 Å². The second-order valence-corrected chi connectivity index (χ2v) is 5.80. The summed E-state index contributed by atoms with van der Waals surface area (Å²) in [5, 5.41) is 13.1. The maximum Gasteiger partial charge on any atom is 0.416 e. The van der Waals surface area contributed by atoms with Crippen molar-refractivity contribution >= 4 is 23.3 Å². The summed E-state index contributed by atoms with van der Waals surface area (Å²) in [6.07, 6.45) is -4.78. The van der Waals surface area contributed by atoms with E-state index in [4.69, 9.17) is 9.47 Å². The van der Waals surface area contributed by atoms with E-state index in [0.29, 0.717) is 17.9 Å². The van der Waals surface area contributed by atoms with Gasteiger partial charge < -0.3 is 14.8 Å². The van der Waals surface area contributed by atoms with Gasteiger partial charge in [-0.3, -0.25) is 14.9 Å². The highest BCUT2D eigenvalue weighted by Gasteiger charge is 2.33. The molecule has 8 nitrogen and oxygen atoms in total. The smallest absolute Gasteiger partial charge is 0.416 e. The molecule has 0 spiro atoms. The molecule has 29 heavy (non-hydrogen) atoms. The molecule has 0 fully saturated rings. The van der Waals surface area contributed by atoms with Gasteiger partial charge in [-0.05, 0) is 36.8 Å². The first-order chi connectivity index (χ1) is 13.5. The Hall–Kier alpha value is -3.63. The number of nitrogens with zero attached hydrogens (tertiary/aromatic N) is 1. The van der Waals surface area contributed by atoms with Crippen molar-refractivity contribution in [2.24, 2.45) is 0 Å². The van der Waals surface area contributed by atoms with Gasteiger partial charge in [0.05, 0.1) is 23.2 Å². The summed E-state index contributed by atoms with van der Waals surface area (Å²) in [5.74, 6) is -1.37. The molecule has 0 heterocycles. The molecular formula is C18H15F3N2O6. The van der Waals surface area contributed by atoms with Gasteiger partial charge in [-0.25, -0.2) is 4.79 Å². The molecule has 2 aromatic carbocycles. The third kappa shape index (κ3) is 5.43. The maximum absolute atomic E-state index is 12.7. The number of amides is 1. The minimum Gasteiger partial charge on any atom is -0.496 e. The average molecular weight is 412 g/mol. The molecule has 2 rings (SSSR count). The quantitative estimate of drug-likeness (QED) is 0.440. The van der Waals surface area contributed by atoms with E-state index in [1.807, 2.05) is 0 Å². The molecule has 11 heteroatoms. The van der Waals surface area contributed by atoms with Gasteiger partial charge in [0.2, 0.25) is 0 Å². The van der Waals surface area contributed by atoms with E-state index in [1.54, 1.807) is 13.0 Å². The Morgan fingerprint density at radius 2 is 1.86 bits per heavy atom. The number of hydrogen-bond donors (Lipinski definition) is 1. The van der Waals surface area contributed by atoms with E-state index in [2.05, 4.69) is 5.32 Å². The number of nitrogens with one attached hydrogen (secondary N) is 1. The Morgan fingerprint density at radius 1 is 1.17 bits per heavy atom. The highest BCUT2D eigenvalue weighted by Crippen LogP contribution is 2.34. The fourth-order valence-electron chi connectivity index (χ4n) is 2.31. The first-order valence-electron chi connectivity index (χ1n) is 8.00. The number of esters is 1. The third-order valence-electron chi connectivity index (χ3n) is 3.77. The van der Waals surface area contributed by atoms with Crippen LogP contribution in [0.3, 0.4) is 0 Å². The van der Waals surface area contributed by atoms with Crippen LogP contribution in [0.5, 0.6) is 5.75 Å². The lowest BCUT2D eigenvalue weighted by atomic mass is 10.1. The minimum absolute atomic E-state index is 0.112. The van der Waals surface area contributed by atoms with E-state index in [9.17, 15) is 32.9 Å². The molecule has 0 bridgehead atoms. The number of anilines is 1. The normalized spacial score (nSPS) is 10.9. The van der Waals surface area contributed by atoms with Gasteiger partial charge in [-0.1, -0.05) is 6.07 Å². The van der Waals surface area contributed by atoms with Crippen LogP contribution in [0.2, 0.25) is 0 Å². The van der Waals surface area contributed by atoms with Crippen LogP contribution < -0.4 is 10.1 Å². The number of alkyl halides is 3. The van der Waals surface area contributed by atoms with Crippen molar-refractivity contribution in [1.29, 1.82) is 0 Å². The van der Waals surface area contributed by atoms with Crippen LogP contribution in [0.25, 0.3) is 0 Å². The Labute approximate surface area is 162 Å². The first-order valence-corrected chi connectivity index (χ1v) is 8.00. The minimum atomic E-state index is -4.78. The predicted octanol–water partition coefficient (Wildman–Crippen LogP) is 3.73. The van der Waals surface area contributed by atoms with Gasteiger partial charge in [0, 0.05) is 6.07 Å². The summed E-state index contributed by atoms with van der Waals surface area (Å²) in [5.41, 5.74) is -1.75. The molecule has 0 atom stereocenters. The number of rotatable bonds is 6. The SMILES string of the molecule is COc1cc(C(=O)OCC(=O)Nc2ccc(C(F)(F)F)cc2[N+](=O)[O-])ccc1C. The Bertz CT molecular complexity index is 959. The molecule has 154 valence electrons. The number of nitro groups is 1. The molecule has 0 aliphatic heterocycles.